The fourth-order valence-electron chi connectivity index (χ4n) is 1.29. The molecule has 0 saturated heterocycles. The van der Waals surface area contributed by atoms with Crippen LogP contribution in [0.25, 0.3) is 0 Å². The fraction of sp³-hybridized carbons (Fsp3) is 0.385. The van der Waals surface area contributed by atoms with Crippen molar-refractivity contribution in [3.63, 3.8) is 0 Å². The van der Waals surface area contributed by atoms with Crippen LogP contribution in [0.3, 0.4) is 0 Å². The number of hydrogen-bond donors (Lipinski definition) is 1. The minimum atomic E-state index is -0.191. The third kappa shape index (κ3) is 3.84. The molecule has 0 fully saturated rings. The highest BCUT2D eigenvalue weighted by Crippen LogP contribution is 2.13. The summed E-state index contributed by atoms with van der Waals surface area (Å²) in [4.78, 5) is 0. The van der Waals surface area contributed by atoms with Gasteiger partial charge in [0.15, 0.2) is 0 Å². The zero-order chi connectivity index (χ0) is 11.3. The van der Waals surface area contributed by atoms with E-state index in [4.69, 9.17) is 0 Å². The van der Waals surface area contributed by atoms with Gasteiger partial charge in [-0.05, 0) is 31.0 Å². The monoisotopic (exact) mass is 207 g/mol. The molecule has 1 nitrogen and oxygen atoms in total. The maximum atomic E-state index is 12.7. The first-order valence-electron chi connectivity index (χ1n) is 5.29. The number of nitrogens with one attached hydrogen (secondary N) is 1. The van der Waals surface area contributed by atoms with E-state index in [-0.39, 0.29) is 11.9 Å². The topological polar surface area (TPSA) is 12.0 Å². The molecule has 0 bridgehead atoms. The van der Waals surface area contributed by atoms with Gasteiger partial charge >= 0.3 is 0 Å². The van der Waals surface area contributed by atoms with Crippen LogP contribution < -0.4 is 5.32 Å². The first-order chi connectivity index (χ1) is 7.13. The van der Waals surface area contributed by atoms with E-state index < -0.39 is 0 Å². The average molecular weight is 207 g/mol. The Morgan fingerprint density at radius 1 is 1.40 bits per heavy atom. The molecule has 0 heterocycles. The van der Waals surface area contributed by atoms with Crippen LogP contribution in [0, 0.1) is 5.82 Å². The molecule has 0 aliphatic carbocycles. The van der Waals surface area contributed by atoms with Crippen LogP contribution >= 0.6 is 0 Å². The summed E-state index contributed by atoms with van der Waals surface area (Å²) in [5.41, 5.74) is 2.28. The lowest BCUT2D eigenvalue weighted by Gasteiger charge is -2.14. The Morgan fingerprint density at radius 2 is 2.00 bits per heavy atom. The molecule has 0 spiro atoms. The predicted octanol–water partition coefficient (Wildman–Crippen LogP) is 3.44. The molecule has 2 heteroatoms. The van der Waals surface area contributed by atoms with E-state index in [0.29, 0.717) is 0 Å². The number of benzene rings is 1. The van der Waals surface area contributed by atoms with Crippen molar-refractivity contribution >= 4 is 0 Å². The van der Waals surface area contributed by atoms with Gasteiger partial charge in [-0.2, -0.15) is 0 Å². The number of rotatable bonds is 5. The van der Waals surface area contributed by atoms with E-state index in [1.165, 1.54) is 17.7 Å². The largest absolute Gasteiger partial charge is 0.306 e. The van der Waals surface area contributed by atoms with E-state index in [9.17, 15) is 4.39 Å². The first kappa shape index (κ1) is 11.9. The van der Waals surface area contributed by atoms with Crippen molar-refractivity contribution in [3.8, 4) is 0 Å². The Morgan fingerprint density at radius 3 is 2.53 bits per heavy atom. The van der Waals surface area contributed by atoms with Crippen LogP contribution in [0.5, 0.6) is 0 Å². The maximum Gasteiger partial charge on any atom is 0.123 e. The molecule has 0 aliphatic rings. The van der Waals surface area contributed by atoms with E-state index in [0.717, 1.165) is 18.5 Å². The quantitative estimate of drug-likeness (QED) is 0.729. The van der Waals surface area contributed by atoms with Gasteiger partial charge in [0, 0.05) is 12.6 Å². The number of hydrogen-bond acceptors (Lipinski definition) is 1. The Balaban J connectivity index is 2.50. The van der Waals surface area contributed by atoms with Crippen LogP contribution in [-0.2, 0) is 0 Å². The van der Waals surface area contributed by atoms with Gasteiger partial charge in [-0.3, -0.25) is 0 Å². The van der Waals surface area contributed by atoms with Crippen molar-refractivity contribution in [2.45, 2.75) is 26.3 Å². The Labute approximate surface area is 91.0 Å². The van der Waals surface area contributed by atoms with E-state index in [1.54, 1.807) is 0 Å². The molecule has 0 saturated carbocycles. The molecule has 0 amide bonds. The minimum absolute atomic E-state index is 0.191. The zero-order valence-electron chi connectivity index (χ0n) is 9.39. The normalized spacial score (nSPS) is 12.5. The summed E-state index contributed by atoms with van der Waals surface area (Å²) < 4.78 is 12.7. The van der Waals surface area contributed by atoms with E-state index >= 15 is 0 Å². The Hall–Kier alpha value is -1.15. The highest BCUT2D eigenvalue weighted by atomic mass is 19.1. The van der Waals surface area contributed by atoms with Crippen molar-refractivity contribution in [2.24, 2.45) is 0 Å². The van der Waals surface area contributed by atoms with Crippen LogP contribution in [0.2, 0.25) is 0 Å². The van der Waals surface area contributed by atoms with Crippen molar-refractivity contribution in [2.75, 3.05) is 6.54 Å². The lowest BCUT2D eigenvalue weighted by molar-refractivity contribution is 0.595. The molecule has 1 atom stereocenters. The molecule has 1 rings (SSSR count). The molecule has 1 aromatic rings. The molecule has 15 heavy (non-hydrogen) atoms. The summed E-state index contributed by atoms with van der Waals surface area (Å²) in [6.07, 6.45) is 0.989. The molecule has 0 aliphatic heterocycles. The van der Waals surface area contributed by atoms with Crippen molar-refractivity contribution in [1.29, 1.82) is 0 Å². The van der Waals surface area contributed by atoms with Gasteiger partial charge in [0.2, 0.25) is 0 Å². The molecule has 1 aromatic carbocycles. The Kier molecular flexibility index (Phi) is 4.50. The van der Waals surface area contributed by atoms with Gasteiger partial charge in [-0.1, -0.05) is 31.2 Å². The molecule has 1 N–H and O–H groups in total. The first-order valence-corrected chi connectivity index (χ1v) is 5.29. The molecular formula is C13H18FN. The summed E-state index contributed by atoms with van der Waals surface area (Å²) in [5, 5.41) is 3.35. The summed E-state index contributed by atoms with van der Waals surface area (Å²) in [5.74, 6) is -0.191. The van der Waals surface area contributed by atoms with Crippen LogP contribution in [-0.4, -0.2) is 6.54 Å². The van der Waals surface area contributed by atoms with Crippen molar-refractivity contribution in [3.05, 3.63) is 47.8 Å². The average Bonchev–Trinajstić information content (AvgIpc) is 2.26. The minimum Gasteiger partial charge on any atom is -0.306 e. The molecular weight excluding hydrogens is 189 g/mol. The van der Waals surface area contributed by atoms with Crippen LogP contribution in [0.15, 0.2) is 36.4 Å². The second-order valence-corrected chi connectivity index (χ2v) is 3.76. The van der Waals surface area contributed by atoms with Gasteiger partial charge in [-0.25, -0.2) is 4.39 Å². The van der Waals surface area contributed by atoms with Gasteiger partial charge in [0.05, 0.1) is 0 Å². The van der Waals surface area contributed by atoms with Crippen molar-refractivity contribution in [1.82, 2.24) is 5.32 Å². The van der Waals surface area contributed by atoms with E-state index in [2.05, 4.69) is 25.7 Å². The van der Waals surface area contributed by atoms with Crippen LogP contribution in [0.4, 0.5) is 4.39 Å². The maximum absolute atomic E-state index is 12.7. The highest BCUT2D eigenvalue weighted by Gasteiger charge is 2.04. The smallest absolute Gasteiger partial charge is 0.123 e. The fourth-order valence-corrected chi connectivity index (χ4v) is 1.29. The molecule has 0 aromatic heterocycles. The zero-order valence-corrected chi connectivity index (χ0v) is 9.39. The summed E-state index contributed by atoms with van der Waals surface area (Å²) in [7, 11) is 0. The molecule has 0 radical (unpaired) electrons. The summed E-state index contributed by atoms with van der Waals surface area (Å²) in [6.45, 7) is 8.90. The highest BCUT2D eigenvalue weighted by molar-refractivity contribution is 5.19. The Bertz CT molecular complexity index is 316. The van der Waals surface area contributed by atoms with Gasteiger partial charge < -0.3 is 5.32 Å². The lowest BCUT2D eigenvalue weighted by Crippen LogP contribution is -2.20. The van der Waals surface area contributed by atoms with Gasteiger partial charge in [0.1, 0.15) is 5.82 Å². The lowest BCUT2D eigenvalue weighted by atomic mass is 10.1. The standard InChI is InChI=1S/C13H18FN/c1-4-10(2)9-15-11(3)12-5-7-13(14)8-6-12/h5-8,11,15H,2,4,9H2,1,3H3/t11-/m0/s1. The summed E-state index contributed by atoms with van der Waals surface area (Å²) in [6, 6.07) is 6.82. The predicted molar refractivity (Wildman–Crippen MR) is 62.2 cm³/mol. The SMILES string of the molecule is C=C(CC)CN[C@@H](C)c1ccc(F)cc1. The van der Waals surface area contributed by atoms with Crippen molar-refractivity contribution < 1.29 is 4.39 Å². The summed E-state index contributed by atoms with van der Waals surface area (Å²) >= 11 is 0. The third-order valence-electron chi connectivity index (χ3n) is 2.53. The number of halogens is 1. The molecule has 0 unspecified atom stereocenters. The second-order valence-electron chi connectivity index (χ2n) is 3.76. The van der Waals surface area contributed by atoms with E-state index in [1.807, 2.05) is 12.1 Å². The van der Waals surface area contributed by atoms with Gasteiger partial charge in [-0.15, -0.1) is 0 Å². The molecule has 82 valence electrons. The van der Waals surface area contributed by atoms with Crippen LogP contribution in [0.1, 0.15) is 31.9 Å². The third-order valence-corrected chi connectivity index (χ3v) is 2.53. The van der Waals surface area contributed by atoms with Gasteiger partial charge in [0.25, 0.3) is 0 Å². The second kappa shape index (κ2) is 5.66.